The summed E-state index contributed by atoms with van der Waals surface area (Å²) in [5.41, 5.74) is 1.36. The Hall–Kier alpha value is -3.16. The lowest BCUT2D eigenvalue weighted by atomic mass is 9.91. The maximum Gasteiger partial charge on any atom is 0.227 e. The molecule has 3 heterocycles. The molecule has 1 saturated heterocycles. The molecule has 3 aromatic rings. The highest BCUT2D eigenvalue weighted by Gasteiger charge is 2.30. The van der Waals surface area contributed by atoms with Crippen molar-refractivity contribution in [1.82, 2.24) is 19.9 Å². The second kappa shape index (κ2) is 9.77. The Morgan fingerprint density at radius 2 is 1.85 bits per heavy atom. The Morgan fingerprint density at radius 3 is 2.55 bits per heavy atom. The minimum Gasteiger partial charge on any atom is -0.440 e. The number of β-amino-alcohol motifs (C(OH)–C–C–N with tert-alkyl or cyclic N) is 1. The second-order valence-electron chi connectivity index (χ2n) is 8.67. The third kappa shape index (κ3) is 4.94. The topological polar surface area (TPSA) is 75.3 Å². The molecule has 1 aromatic carbocycles. The summed E-state index contributed by atoms with van der Waals surface area (Å²) in [4.78, 5) is 15.8. The molecule has 2 aliphatic rings. The molecule has 7 heteroatoms. The number of aromatic nitrogens is 3. The quantitative estimate of drug-likeness (QED) is 0.596. The number of rotatable bonds is 6. The van der Waals surface area contributed by atoms with Crippen molar-refractivity contribution in [3.05, 3.63) is 78.6 Å². The monoisotopic (exact) mass is 446 g/mol. The lowest BCUT2D eigenvalue weighted by Gasteiger charge is -2.34. The van der Waals surface area contributed by atoms with Crippen molar-refractivity contribution in [3.8, 4) is 23.0 Å². The second-order valence-corrected chi connectivity index (χ2v) is 8.67. The molecule has 33 heavy (non-hydrogen) atoms. The fraction of sp³-hybridized carbons (Fsp3) is 0.346. The van der Waals surface area contributed by atoms with E-state index in [0.29, 0.717) is 24.0 Å². The summed E-state index contributed by atoms with van der Waals surface area (Å²) >= 11 is 0. The van der Waals surface area contributed by atoms with Gasteiger partial charge >= 0.3 is 0 Å². The summed E-state index contributed by atoms with van der Waals surface area (Å²) in [5.74, 6) is 1.81. The Bertz CT molecular complexity index is 1120. The molecule has 2 unspecified atom stereocenters. The van der Waals surface area contributed by atoms with Gasteiger partial charge in [-0.2, -0.15) is 0 Å². The SMILES string of the molecule is OC(CN1CCC(c2oc(-c3ccc(F)cc3)nc2-c2ncccn2)CC1)C1C=CC=CC1. The van der Waals surface area contributed by atoms with Gasteiger partial charge in [0.2, 0.25) is 5.89 Å². The fourth-order valence-corrected chi connectivity index (χ4v) is 4.57. The van der Waals surface area contributed by atoms with E-state index in [4.69, 9.17) is 9.40 Å². The van der Waals surface area contributed by atoms with Crippen LogP contribution in [-0.4, -0.2) is 50.7 Å². The van der Waals surface area contributed by atoms with Crippen LogP contribution in [0, 0.1) is 11.7 Å². The third-order valence-electron chi connectivity index (χ3n) is 6.43. The van der Waals surface area contributed by atoms with Gasteiger partial charge in [0.1, 0.15) is 11.6 Å². The van der Waals surface area contributed by atoms with E-state index >= 15 is 0 Å². The van der Waals surface area contributed by atoms with Crippen molar-refractivity contribution < 1.29 is 13.9 Å². The molecule has 2 atom stereocenters. The predicted octanol–water partition coefficient (Wildman–Crippen LogP) is 4.61. The van der Waals surface area contributed by atoms with Crippen molar-refractivity contribution >= 4 is 0 Å². The molecule has 2 aromatic heterocycles. The van der Waals surface area contributed by atoms with Crippen LogP contribution in [0.15, 0.2) is 71.4 Å². The van der Waals surface area contributed by atoms with Gasteiger partial charge < -0.3 is 14.4 Å². The number of allylic oxidation sites excluding steroid dienone is 3. The summed E-state index contributed by atoms with van der Waals surface area (Å²) < 4.78 is 19.6. The molecule has 0 bridgehead atoms. The largest absolute Gasteiger partial charge is 0.440 e. The number of halogens is 1. The number of aliphatic hydroxyl groups is 1. The Balaban J connectivity index is 1.33. The van der Waals surface area contributed by atoms with Crippen LogP contribution in [0.1, 0.15) is 30.9 Å². The van der Waals surface area contributed by atoms with Gasteiger partial charge in [-0.3, -0.25) is 0 Å². The summed E-state index contributed by atoms with van der Waals surface area (Å²) in [7, 11) is 0. The van der Waals surface area contributed by atoms with Crippen LogP contribution in [0.3, 0.4) is 0 Å². The first kappa shape index (κ1) is 21.7. The van der Waals surface area contributed by atoms with Gasteiger partial charge in [0, 0.05) is 36.3 Å². The zero-order valence-corrected chi connectivity index (χ0v) is 18.3. The van der Waals surface area contributed by atoms with Crippen molar-refractivity contribution in [2.75, 3.05) is 19.6 Å². The number of hydrogen-bond acceptors (Lipinski definition) is 6. The molecule has 0 spiro atoms. The van der Waals surface area contributed by atoms with Crippen LogP contribution < -0.4 is 0 Å². The predicted molar refractivity (Wildman–Crippen MR) is 124 cm³/mol. The highest BCUT2D eigenvalue weighted by atomic mass is 19.1. The summed E-state index contributed by atoms with van der Waals surface area (Å²) in [6.07, 6.45) is 13.9. The van der Waals surface area contributed by atoms with Crippen molar-refractivity contribution in [3.63, 3.8) is 0 Å². The minimum atomic E-state index is -0.369. The lowest BCUT2D eigenvalue weighted by molar-refractivity contribution is 0.0680. The van der Waals surface area contributed by atoms with Gasteiger partial charge in [-0.15, -0.1) is 0 Å². The van der Waals surface area contributed by atoms with Gasteiger partial charge in [0.25, 0.3) is 0 Å². The van der Waals surface area contributed by atoms with E-state index < -0.39 is 0 Å². The smallest absolute Gasteiger partial charge is 0.227 e. The van der Waals surface area contributed by atoms with Gasteiger partial charge in [-0.25, -0.2) is 19.3 Å². The van der Waals surface area contributed by atoms with E-state index in [-0.39, 0.29) is 23.8 Å². The maximum absolute atomic E-state index is 13.4. The van der Waals surface area contributed by atoms with E-state index in [1.54, 1.807) is 30.6 Å². The summed E-state index contributed by atoms with van der Waals surface area (Å²) in [5, 5.41) is 10.7. The van der Waals surface area contributed by atoms with Crippen LogP contribution in [0.5, 0.6) is 0 Å². The van der Waals surface area contributed by atoms with Crippen molar-refractivity contribution in [1.29, 1.82) is 0 Å². The van der Waals surface area contributed by atoms with Crippen LogP contribution >= 0.6 is 0 Å². The number of hydrogen-bond donors (Lipinski definition) is 1. The number of aliphatic hydroxyl groups excluding tert-OH is 1. The van der Waals surface area contributed by atoms with Crippen LogP contribution in [-0.2, 0) is 0 Å². The Labute approximate surface area is 192 Å². The lowest BCUT2D eigenvalue weighted by Crippen LogP contribution is -2.40. The summed E-state index contributed by atoms with van der Waals surface area (Å²) in [6, 6.07) is 7.90. The summed E-state index contributed by atoms with van der Waals surface area (Å²) in [6.45, 7) is 2.41. The van der Waals surface area contributed by atoms with Gasteiger partial charge in [-0.05, 0) is 62.7 Å². The zero-order chi connectivity index (χ0) is 22.6. The van der Waals surface area contributed by atoms with E-state index in [1.807, 2.05) is 12.2 Å². The molecular formula is C26H27FN4O2. The zero-order valence-electron chi connectivity index (χ0n) is 18.3. The first-order valence-corrected chi connectivity index (χ1v) is 11.4. The normalized spacial score (nSPS) is 20.2. The Morgan fingerprint density at radius 1 is 1.09 bits per heavy atom. The number of piperidine rings is 1. The average Bonchev–Trinajstić information content (AvgIpc) is 3.31. The standard InChI is InChI=1S/C26H27FN4O2/c27-21-9-7-20(8-10-21)26-30-23(25-28-13-4-14-29-25)24(33-26)19-11-15-31(16-12-19)17-22(32)18-5-2-1-3-6-18/h1-5,7-10,13-14,18-19,22,32H,6,11-12,15-17H2. The van der Waals surface area contributed by atoms with Gasteiger partial charge in [0.05, 0.1) is 6.10 Å². The third-order valence-corrected chi connectivity index (χ3v) is 6.43. The molecule has 170 valence electrons. The molecule has 5 rings (SSSR count). The molecule has 1 fully saturated rings. The highest BCUT2D eigenvalue weighted by Crippen LogP contribution is 2.37. The highest BCUT2D eigenvalue weighted by molar-refractivity contribution is 5.61. The molecule has 0 saturated carbocycles. The van der Waals surface area contributed by atoms with Crippen LogP contribution in [0.4, 0.5) is 4.39 Å². The van der Waals surface area contributed by atoms with E-state index in [9.17, 15) is 9.50 Å². The van der Waals surface area contributed by atoms with Crippen molar-refractivity contribution in [2.24, 2.45) is 5.92 Å². The number of likely N-dealkylation sites (tertiary alicyclic amines) is 1. The van der Waals surface area contributed by atoms with Crippen LogP contribution in [0.25, 0.3) is 23.0 Å². The van der Waals surface area contributed by atoms with E-state index in [2.05, 4.69) is 27.0 Å². The fourth-order valence-electron chi connectivity index (χ4n) is 4.57. The first-order valence-electron chi connectivity index (χ1n) is 11.4. The van der Waals surface area contributed by atoms with Crippen LogP contribution in [0.2, 0.25) is 0 Å². The Kier molecular flexibility index (Phi) is 6.41. The number of nitrogens with zero attached hydrogens (tertiary/aromatic N) is 4. The molecule has 6 nitrogen and oxygen atoms in total. The maximum atomic E-state index is 13.4. The molecular weight excluding hydrogens is 419 g/mol. The number of oxazole rings is 1. The number of benzene rings is 1. The molecule has 0 radical (unpaired) electrons. The van der Waals surface area contributed by atoms with Gasteiger partial charge in [0.15, 0.2) is 11.5 Å². The molecule has 1 aliphatic carbocycles. The van der Waals surface area contributed by atoms with E-state index in [0.717, 1.165) is 43.7 Å². The van der Waals surface area contributed by atoms with E-state index in [1.165, 1.54) is 12.1 Å². The average molecular weight is 447 g/mol. The first-order chi connectivity index (χ1) is 16.2. The molecule has 1 N–H and O–H groups in total. The minimum absolute atomic E-state index is 0.177. The molecule has 1 aliphatic heterocycles. The molecule has 0 amide bonds. The van der Waals surface area contributed by atoms with Gasteiger partial charge in [-0.1, -0.05) is 24.3 Å². The van der Waals surface area contributed by atoms with Crippen molar-refractivity contribution in [2.45, 2.75) is 31.3 Å².